The van der Waals surface area contributed by atoms with E-state index in [1.54, 1.807) is 41.2 Å². The van der Waals surface area contributed by atoms with Crippen molar-refractivity contribution >= 4 is 40.5 Å². The van der Waals surface area contributed by atoms with Gasteiger partial charge in [0, 0.05) is 25.9 Å². The molecule has 4 rings (SSSR count). The fourth-order valence-corrected chi connectivity index (χ4v) is 4.75. The molecule has 1 aromatic carbocycles. The number of anilines is 1. The van der Waals surface area contributed by atoms with Crippen molar-refractivity contribution < 1.29 is 29.3 Å². The van der Waals surface area contributed by atoms with Crippen molar-refractivity contribution in [2.24, 2.45) is 5.92 Å². The second-order valence-corrected chi connectivity index (χ2v) is 9.20. The molecule has 1 aliphatic rings. The molecule has 1 saturated heterocycles. The minimum Gasteiger partial charge on any atom is -0.479 e. The summed E-state index contributed by atoms with van der Waals surface area (Å²) in [6.07, 6.45) is 5.94. The fraction of sp³-hybridized carbons (Fsp3) is 0.423. The molecule has 11 nitrogen and oxygen atoms in total. The highest BCUT2D eigenvalue weighted by molar-refractivity contribution is 6.28. The number of benzene rings is 1. The van der Waals surface area contributed by atoms with E-state index in [9.17, 15) is 19.8 Å². The van der Waals surface area contributed by atoms with Crippen LogP contribution in [-0.2, 0) is 25.5 Å². The van der Waals surface area contributed by atoms with Crippen molar-refractivity contribution in [1.82, 2.24) is 19.5 Å². The highest BCUT2D eigenvalue weighted by Crippen LogP contribution is 2.37. The number of rotatable bonds is 11. The SMILES string of the molecule is C#CC1CC(n2cnc3c(N(CC)CC)nc(Cl)nc32)OC1COC(Cc1ccccc1)(C(=O)O)C(=O)O. The zero-order valence-corrected chi connectivity index (χ0v) is 21.7. The molecule has 12 heteroatoms. The van der Waals surface area contributed by atoms with Crippen molar-refractivity contribution in [3.8, 4) is 12.3 Å². The third-order valence-electron chi connectivity index (χ3n) is 6.68. The maximum absolute atomic E-state index is 12.2. The van der Waals surface area contributed by atoms with Crippen LogP contribution in [0.4, 0.5) is 5.82 Å². The molecular formula is C26H28ClN5O6. The van der Waals surface area contributed by atoms with Gasteiger partial charge in [-0.3, -0.25) is 4.57 Å². The summed E-state index contributed by atoms with van der Waals surface area (Å²) in [5.74, 6) is -0.449. The summed E-state index contributed by atoms with van der Waals surface area (Å²) in [6, 6.07) is 8.42. The zero-order valence-electron chi connectivity index (χ0n) is 21.0. The van der Waals surface area contributed by atoms with Crippen LogP contribution < -0.4 is 4.90 Å². The van der Waals surface area contributed by atoms with Crippen molar-refractivity contribution in [1.29, 1.82) is 0 Å². The van der Waals surface area contributed by atoms with Gasteiger partial charge in [0.2, 0.25) is 5.28 Å². The van der Waals surface area contributed by atoms with Gasteiger partial charge in [0.15, 0.2) is 17.0 Å². The molecule has 0 aliphatic carbocycles. The van der Waals surface area contributed by atoms with Crippen LogP contribution in [0.25, 0.3) is 11.2 Å². The molecule has 2 N–H and O–H groups in total. The first-order valence-electron chi connectivity index (χ1n) is 12.1. The van der Waals surface area contributed by atoms with E-state index < -0.39 is 35.8 Å². The predicted molar refractivity (Wildman–Crippen MR) is 139 cm³/mol. The van der Waals surface area contributed by atoms with Gasteiger partial charge in [-0.2, -0.15) is 9.97 Å². The number of carboxylic acid groups (broad SMARTS) is 2. The highest BCUT2D eigenvalue weighted by atomic mass is 35.5. The van der Waals surface area contributed by atoms with Gasteiger partial charge in [-0.05, 0) is 31.0 Å². The average molecular weight is 542 g/mol. The van der Waals surface area contributed by atoms with Gasteiger partial charge in [-0.1, -0.05) is 30.3 Å². The number of carboxylic acids is 2. The summed E-state index contributed by atoms with van der Waals surface area (Å²) in [5.41, 5.74) is -0.995. The molecule has 3 aromatic rings. The average Bonchev–Trinajstić information content (AvgIpc) is 3.51. The summed E-state index contributed by atoms with van der Waals surface area (Å²) in [7, 11) is 0. The van der Waals surface area contributed by atoms with E-state index in [1.807, 2.05) is 18.7 Å². The molecule has 0 bridgehead atoms. The minimum absolute atomic E-state index is 0.0566. The Morgan fingerprint density at radius 2 is 1.92 bits per heavy atom. The molecular weight excluding hydrogens is 514 g/mol. The Kier molecular flexibility index (Phi) is 8.16. The first-order chi connectivity index (χ1) is 18.2. The van der Waals surface area contributed by atoms with E-state index in [0.717, 1.165) is 0 Å². The molecule has 1 fully saturated rings. The lowest BCUT2D eigenvalue weighted by atomic mass is 9.94. The van der Waals surface area contributed by atoms with Crippen LogP contribution in [0.1, 0.15) is 32.1 Å². The van der Waals surface area contributed by atoms with Crippen molar-refractivity contribution in [2.45, 2.75) is 44.6 Å². The van der Waals surface area contributed by atoms with E-state index in [4.69, 9.17) is 27.5 Å². The lowest BCUT2D eigenvalue weighted by molar-refractivity contribution is -0.188. The fourth-order valence-electron chi connectivity index (χ4n) is 4.59. The maximum Gasteiger partial charge on any atom is 0.348 e. The lowest BCUT2D eigenvalue weighted by Crippen LogP contribution is -2.52. The summed E-state index contributed by atoms with van der Waals surface area (Å²) in [4.78, 5) is 39.5. The molecule has 2 aromatic heterocycles. The molecule has 3 atom stereocenters. The van der Waals surface area contributed by atoms with Gasteiger partial charge in [0.1, 0.15) is 6.23 Å². The topological polar surface area (TPSA) is 140 Å². The number of hydrogen-bond donors (Lipinski definition) is 2. The largest absolute Gasteiger partial charge is 0.479 e. The van der Waals surface area contributed by atoms with E-state index >= 15 is 0 Å². The molecule has 3 heterocycles. The van der Waals surface area contributed by atoms with Gasteiger partial charge in [0.25, 0.3) is 5.60 Å². The van der Waals surface area contributed by atoms with E-state index in [2.05, 4.69) is 20.9 Å². The van der Waals surface area contributed by atoms with E-state index in [-0.39, 0.29) is 18.3 Å². The second kappa shape index (κ2) is 11.3. The van der Waals surface area contributed by atoms with E-state index in [0.29, 0.717) is 42.1 Å². The van der Waals surface area contributed by atoms with Crippen LogP contribution >= 0.6 is 11.6 Å². The lowest BCUT2D eigenvalue weighted by Gasteiger charge is -2.27. The number of fused-ring (bicyclic) bond motifs is 1. The number of hydrogen-bond acceptors (Lipinski definition) is 8. The Hall–Kier alpha value is -3.72. The summed E-state index contributed by atoms with van der Waals surface area (Å²) in [5, 5.41) is 19.8. The number of aromatic nitrogens is 4. The normalized spacial score (nSPS) is 19.4. The number of aliphatic carboxylic acids is 2. The van der Waals surface area contributed by atoms with Gasteiger partial charge >= 0.3 is 11.9 Å². The molecule has 0 amide bonds. The number of carbonyl (C=O) groups is 2. The van der Waals surface area contributed by atoms with Crippen LogP contribution in [0.15, 0.2) is 36.7 Å². The third-order valence-corrected chi connectivity index (χ3v) is 6.85. The molecule has 0 radical (unpaired) electrons. The first kappa shape index (κ1) is 27.3. The maximum atomic E-state index is 12.2. The number of nitrogens with zero attached hydrogens (tertiary/aromatic N) is 5. The first-order valence-corrected chi connectivity index (χ1v) is 12.5. The Labute approximate surface area is 224 Å². The number of imidazole rings is 1. The molecule has 38 heavy (non-hydrogen) atoms. The quantitative estimate of drug-likeness (QED) is 0.211. The summed E-state index contributed by atoms with van der Waals surface area (Å²) >= 11 is 6.23. The van der Waals surface area contributed by atoms with Gasteiger partial charge in [0.05, 0.1) is 25.0 Å². The Morgan fingerprint density at radius 3 is 2.53 bits per heavy atom. The van der Waals surface area contributed by atoms with Crippen LogP contribution in [0.5, 0.6) is 0 Å². The van der Waals surface area contributed by atoms with Crippen molar-refractivity contribution in [3.05, 3.63) is 47.5 Å². The Morgan fingerprint density at radius 1 is 1.24 bits per heavy atom. The van der Waals surface area contributed by atoms with Gasteiger partial charge in [-0.15, -0.1) is 12.3 Å². The van der Waals surface area contributed by atoms with Gasteiger partial charge < -0.3 is 24.6 Å². The molecule has 3 unspecified atom stereocenters. The van der Waals surface area contributed by atoms with Crippen LogP contribution in [0, 0.1) is 18.3 Å². The van der Waals surface area contributed by atoms with Crippen LogP contribution in [0.2, 0.25) is 5.28 Å². The minimum atomic E-state index is -2.51. The summed E-state index contributed by atoms with van der Waals surface area (Å²) < 4.78 is 13.5. The number of terminal acetylenes is 1. The van der Waals surface area contributed by atoms with E-state index in [1.165, 1.54) is 0 Å². The molecule has 0 spiro atoms. The van der Waals surface area contributed by atoms with Crippen molar-refractivity contribution in [3.63, 3.8) is 0 Å². The zero-order chi connectivity index (χ0) is 27.4. The number of halogens is 1. The monoisotopic (exact) mass is 541 g/mol. The standard InChI is InChI=1S/C26H28ClN5O6/c1-4-17-12-19(32-15-28-20-21(31(5-2)6-3)29-25(27)30-22(20)32)38-18(17)14-37-26(23(33)34,24(35)36)13-16-10-8-7-9-11-16/h1,7-11,15,17-19H,5-6,12-14H2,2-3H3,(H,33,34)(H,35,36). The molecule has 0 saturated carbocycles. The van der Waals surface area contributed by atoms with Gasteiger partial charge in [-0.25, -0.2) is 14.6 Å². The Balaban J connectivity index is 1.59. The highest BCUT2D eigenvalue weighted by Gasteiger charge is 2.50. The van der Waals surface area contributed by atoms with Crippen LogP contribution in [-0.4, -0.2) is 73.1 Å². The predicted octanol–water partition coefficient (Wildman–Crippen LogP) is 3.03. The number of ether oxygens (including phenoxy) is 2. The molecule has 1 aliphatic heterocycles. The van der Waals surface area contributed by atoms with Crippen LogP contribution in [0.3, 0.4) is 0 Å². The smallest absolute Gasteiger partial charge is 0.348 e. The van der Waals surface area contributed by atoms with Crippen molar-refractivity contribution in [2.75, 3.05) is 24.6 Å². The third kappa shape index (κ3) is 5.15. The molecule has 200 valence electrons. The Bertz CT molecular complexity index is 1340. The summed E-state index contributed by atoms with van der Waals surface area (Å²) in [6.45, 7) is 5.04. The second-order valence-electron chi connectivity index (χ2n) is 8.86.